The van der Waals surface area contributed by atoms with Crippen molar-refractivity contribution in [1.82, 2.24) is 14.9 Å². The smallest absolute Gasteiger partial charge is 0.321 e. The van der Waals surface area contributed by atoms with E-state index in [1.54, 1.807) is 0 Å². The Morgan fingerprint density at radius 3 is 2.39 bits per heavy atom. The molecule has 6 nitrogen and oxygen atoms in total. The zero-order chi connectivity index (χ0) is 19.7. The average molecular weight is 396 g/mol. The third-order valence-corrected chi connectivity index (χ3v) is 5.30. The molecule has 1 aliphatic rings. The van der Waals surface area contributed by atoms with Gasteiger partial charge in [-0.05, 0) is 50.2 Å². The molecule has 4 rings (SSSR count). The highest BCUT2D eigenvalue weighted by Crippen LogP contribution is 2.22. The number of halogens is 1. The number of benzene rings is 2. The summed E-state index contributed by atoms with van der Waals surface area (Å²) in [5.41, 5.74) is 5.25. The molecular formula is C21H22ClN5O. The largest absolute Gasteiger partial charge is 0.368 e. The lowest BCUT2D eigenvalue weighted by Gasteiger charge is -2.36. The van der Waals surface area contributed by atoms with Gasteiger partial charge in [0.1, 0.15) is 0 Å². The van der Waals surface area contributed by atoms with E-state index in [9.17, 15) is 4.79 Å². The lowest BCUT2D eigenvalue weighted by molar-refractivity contribution is 0.208. The monoisotopic (exact) mass is 395 g/mol. The van der Waals surface area contributed by atoms with Crippen molar-refractivity contribution in [2.45, 2.75) is 13.8 Å². The second-order valence-corrected chi connectivity index (χ2v) is 7.42. The second kappa shape index (κ2) is 7.64. The van der Waals surface area contributed by atoms with Gasteiger partial charge in [-0.15, -0.1) is 0 Å². The lowest BCUT2D eigenvalue weighted by Crippen LogP contribution is -2.50. The summed E-state index contributed by atoms with van der Waals surface area (Å²) in [6.07, 6.45) is 0. The van der Waals surface area contributed by atoms with Gasteiger partial charge < -0.3 is 15.1 Å². The number of hydrogen-bond donors (Lipinski definition) is 1. The number of fused-ring (bicyclic) bond motifs is 1. The molecule has 0 spiro atoms. The van der Waals surface area contributed by atoms with Gasteiger partial charge in [0.25, 0.3) is 0 Å². The maximum Gasteiger partial charge on any atom is 0.321 e. The summed E-state index contributed by atoms with van der Waals surface area (Å²) in [7, 11) is 0. The van der Waals surface area contributed by atoms with E-state index in [4.69, 9.17) is 11.6 Å². The number of amides is 2. The van der Waals surface area contributed by atoms with E-state index < -0.39 is 0 Å². The molecule has 0 aliphatic carbocycles. The van der Waals surface area contributed by atoms with Crippen LogP contribution in [-0.2, 0) is 0 Å². The first kappa shape index (κ1) is 18.5. The zero-order valence-corrected chi connectivity index (χ0v) is 16.7. The summed E-state index contributed by atoms with van der Waals surface area (Å²) in [6, 6.07) is 13.3. The first-order valence-electron chi connectivity index (χ1n) is 9.31. The SMILES string of the molecule is Cc1nc2ccc(NC(=O)N3CCN(c4cccc(Cl)c4)CC3)cc2nc1C. The summed E-state index contributed by atoms with van der Waals surface area (Å²) < 4.78 is 0. The number of urea groups is 1. The fourth-order valence-corrected chi connectivity index (χ4v) is 3.54. The molecular weight excluding hydrogens is 374 g/mol. The minimum atomic E-state index is -0.0955. The zero-order valence-electron chi connectivity index (χ0n) is 15.9. The van der Waals surface area contributed by atoms with E-state index in [1.807, 2.05) is 61.2 Å². The maximum absolute atomic E-state index is 12.7. The van der Waals surface area contributed by atoms with E-state index >= 15 is 0 Å². The fourth-order valence-electron chi connectivity index (χ4n) is 3.35. The Bertz CT molecular complexity index is 1030. The van der Waals surface area contributed by atoms with E-state index in [0.717, 1.165) is 51.9 Å². The molecule has 144 valence electrons. The number of carbonyl (C=O) groups is 1. The van der Waals surface area contributed by atoms with Gasteiger partial charge in [0.05, 0.1) is 22.4 Å². The quantitative estimate of drug-likeness (QED) is 0.704. The van der Waals surface area contributed by atoms with Crippen LogP contribution in [-0.4, -0.2) is 47.1 Å². The molecule has 3 aromatic rings. The van der Waals surface area contributed by atoms with Crippen LogP contribution in [0.1, 0.15) is 11.4 Å². The van der Waals surface area contributed by atoms with E-state index in [0.29, 0.717) is 13.1 Å². The third kappa shape index (κ3) is 3.87. The van der Waals surface area contributed by atoms with Gasteiger partial charge in [-0.25, -0.2) is 14.8 Å². The van der Waals surface area contributed by atoms with Crippen molar-refractivity contribution >= 4 is 40.0 Å². The van der Waals surface area contributed by atoms with Crippen LogP contribution in [0.25, 0.3) is 11.0 Å². The molecule has 1 aliphatic heterocycles. The Morgan fingerprint density at radius 1 is 0.964 bits per heavy atom. The average Bonchev–Trinajstić information content (AvgIpc) is 2.69. The summed E-state index contributed by atoms with van der Waals surface area (Å²) in [5.74, 6) is 0. The van der Waals surface area contributed by atoms with Gasteiger partial charge in [0.15, 0.2) is 0 Å². The van der Waals surface area contributed by atoms with Gasteiger partial charge in [0, 0.05) is 42.6 Å². The maximum atomic E-state index is 12.7. The number of anilines is 2. The van der Waals surface area contributed by atoms with Crippen molar-refractivity contribution in [3.05, 3.63) is 58.9 Å². The predicted molar refractivity (Wildman–Crippen MR) is 113 cm³/mol. The fraction of sp³-hybridized carbons (Fsp3) is 0.286. The number of nitrogens with zero attached hydrogens (tertiary/aromatic N) is 4. The van der Waals surface area contributed by atoms with Crippen LogP contribution in [0.2, 0.25) is 5.02 Å². The molecule has 0 radical (unpaired) electrons. The Morgan fingerprint density at radius 2 is 1.68 bits per heavy atom. The number of piperazine rings is 1. The Labute approximate surface area is 169 Å². The van der Waals surface area contributed by atoms with Crippen molar-refractivity contribution in [3.8, 4) is 0 Å². The van der Waals surface area contributed by atoms with E-state index in [1.165, 1.54) is 0 Å². The van der Waals surface area contributed by atoms with E-state index in [2.05, 4.69) is 20.2 Å². The molecule has 7 heteroatoms. The van der Waals surface area contributed by atoms with Gasteiger partial charge >= 0.3 is 6.03 Å². The first-order valence-corrected chi connectivity index (χ1v) is 9.69. The van der Waals surface area contributed by atoms with Crippen LogP contribution in [0.3, 0.4) is 0 Å². The topological polar surface area (TPSA) is 61.4 Å². The molecule has 2 heterocycles. The number of rotatable bonds is 2. The van der Waals surface area contributed by atoms with Gasteiger partial charge in [-0.2, -0.15) is 0 Å². The molecule has 0 saturated carbocycles. The molecule has 0 bridgehead atoms. The second-order valence-electron chi connectivity index (χ2n) is 6.98. The number of nitrogens with one attached hydrogen (secondary N) is 1. The number of hydrogen-bond acceptors (Lipinski definition) is 4. The minimum Gasteiger partial charge on any atom is -0.368 e. The Hall–Kier alpha value is -2.86. The highest BCUT2D eigenvalue weighted by atomic mass is 35.5. The molecule has 0 atom stereocenters. The van der Waals surface area contributed by atoms with Crippen molar-refractivity contribution in [2.75, 3.05) is 36.4 Å². The standard InChI is InChI=1S/C21H22ClN5O/c1-14-15(2)24-20-13-17(6-7-19(20)23-14)25-21(28)27-10-8-26(9-11-27)18-5-3-4-16(22)12-18/h3-7,12-13H,8-11H2,1-2H3,(H,25,28). The van der Waals surface area contributed by atoms with Crippen LogP contribution in [0.4, 0.5) is 16.2 Å². The highest BCUT2D eigenvalue weighted by Gasteiger charge is 2.21. The van der Waals surface area contributed by atoms with E-state index in [-0.39, 0.29) is 6.03 Å². The lowest BCUT2D eigenvalue weighted by atomic mass is 10.2. The van der Waals surface area contributed by atoms with Crippen LogP contribution < -0.4 is 10.2 Å². The van der Waals surface area contributed by atoms with Crippen LogP contribution >= 0.6 is 11.6 Å². The predicted octanol–water partition coefficient (Wildman–Crippen LogP) is 4.25. The molecule has 1 aromatic heterocycles. The summed E-state index contributed by atoms with van der Waals surface area (Å²) in [5, 5.41) is 3.71. The molecule has 1 fully saturated rings. The Kier molecular flexibility index (Phi) is 5.05. The highest BCUT2D eigenvalue weighted by molar-refractivity contribution is 6.30. The molecule has 2 aromatic carbocycles. The van der Waals surface area contributed by atoms with Crippen LogP contribution in [0.5, 0.6) is 0 Å². The van der Waals surface area contributed by atoms with Crippen molar-refractivity contribution in [1.29, 1.82) is 0 Å². The van der Waals surface area contributed by atoms with Crippen LogP contribution in [0, 0.1) is 13.8 Å². The van der Waals surface area contributed by atoms with Crippen LogP contribution in [0.15, 0.2) is 42.5 Å². The van der Waals surface area contributed by atoms with Crippen molar-refractivity contribution in [3.63, 3.8) is 0 Å². The van der Waals surface area contributed by atoms with Gasteiger partial charge in [-0.1, -0.05) is 17.7 Å². The van der Waals surface area contributed by atoms with Crippen molar-refractivity contribution < 1.29 is 4.79 Å². The number of carbonyl (C=O) groups excluding carboxylic acids is 1. The van der Waals surface area contributed by atoms with Gasteiger partial charge in [0.2, 0.25) is 0 Å². The molecule has 1 saturated heterocycles. The Balaban J connectivity index is 1.40. The molecule has 2 amide bonds. The molecule has 1 N–H and O–H groups in total. The first-order chi connectivity index (χ1) is 13.5. The number of aryl methyl sites for hydroxylation is 2. The van der Waals surface area contributed by atoms with Crippen molar-refractivity contribution in [2.24, 2.45) is 0 Å². The summed E-state index contributed by atoms with van der Waals surface area (Å²) in [6.45, 7) is 6.74. The third-order valence-electron chi connectivity index (χ3n) is 5.07. The molecule has 28 heavy (non-hydrogen) atoms. The normalized spacial score (nSPS) is 14.4. The summed E-state index contributed by atoms with van der Waals surface area (Å²) in [4.78, 5) is 25.8. The summed E-state index contributed by atoms with van der Waals surface area (Å²) >= 11 is 6.08. The molecule has 0 unspecified atom stereocenters. The number of aromatic nitrogens is 2. The van der Waals surface area contributed by atoms with Gasteiger partial charge in [-0.3, -0.25) is 0 Å². The minimum absolute atomic E-state index is 0.0955.